The number of thioether (sulfide) groups is 1. The molecule has 0 saturated carbocycles. The highest BCUT2D eigenvalue weighted by atomic mass is 79.9. The fourth-order valence-electron chi connectivity index (χ4n) is 1.37. The van der Waals surface area contributed by atoms with E-state index < -0.39 is 0 Å². The summed E-state index contributed by atoms with van der Waals surface area (Å²) in [4.78, 5) is 22.9. The van der Waals surface area contributed by atoms with Crippen molar-refractivity contribution in [2.24, 2.45) is 0 Å². The zero-order chi connectivity index (χ0) is 15.1. The van der Waals surface area contributed by atoms with Gasteiger partial charge < -0.3 is 10.1 Å². The average molecular weight is 381 g/mol. The Hall–Kier alpha value is -0.720. The Morgan fingerprint density at radius 2 is 2.20 bits per heavy atom. The van der Waals surface area contributed by atoms with Gasteiger partial charge in [0.1, 0.15) is 0 Å². The summed E-state index contributed by atoms with van der Waals surface area (Å²) in [7, 11) is 1.35. The first-order chi connectivity index (χ1) is 9.42. The summed E-state index contributed by atoms with van der Waals surface area (Å²) in [6.45, 7) is 1.88. The molecule has 1 unspecified atom stereocenters. The van der Waals surface area contributed by atoms with E-state index in [0.717, 1.165) is 4.47 Å². The number of anilines is 1. The van der Waals surface area contributed by atoms with E-state index in [9.17, 15) is 9.59 Å². The average Bonchev–Trinajstić information content (AvgIpc) is 2.39. The van der Waals surface area contributed by atoms with E-state index in [1.807, 2.05) is 6.92 Å². The molecule has 0 saturated heterocycles. The van der Waals surface area contributed by atoms with E-state index in [0.29, 0.717) is 10.7 Å². The van der Waals surface area contributed by atoms with Gasteiger partial charge >= 0.3 is 5.97 Å². The van der Waals surface area contributed by atoms with Gasteiger partial charge in [-0.2, -0.15) is 0 Å². The van der Waals surface area contributed by atoms with E-state index in [1.165, 1.54) is 18.9 Å². The number of amides is 1. The van der Waals surface area contributed by atoms with Gasteiger partial charge in [0, 0.05) is 9.72 Å². The second kappa shape index (κ2) is 8.54. The van der Waals surface area contributed by atoms with Crippen LogP contribution in [-0.4, -0.2) is 30.0 Å². The molecule has 1 amide bonds. The minimum atomic E-state index is -0.277. The molecule has 1 aromatic rings. The van der Waals surface area contributed by atoms with Crippen molar-refractivity contribution in [2.75, 3.05) is 18.2 Å². The first-order valence-electron chi connectivity index (χ1n) is 5.85. The van der Waals surface area contributed by atoms with Crippen LogP contribution in [0.3, 0.4) is 0 Å². The van der Waals surface area contributed by atoms with Crippen molar-refractivity contribution < 1.29 is 14.3 Å². The topological polar surface area (TPSA) is 55.4 Å². The van der Waals surface area contributed by atoms with E-state index in [1.54, 1.807) is 18.2 Å². The molecule has 0 heterocycles. The minimum absolute atomic E-state index is 0.0218. The van der Waals surface area contributed by atoms with Gasteiger partial charge in [-0.05, 0) is 18.2 Å². The monoisotopic (exact) mass is 379 g/mol. The number of methoxy groups -OCH3 is 1. The zero-order valence-electron chi connectivity index (χ0n) is 11.1. The lowest BCUT2D eigenvalue weighted by Gasteiger charge is -2.11. The van der Waals surface area contributed by atoms with Gasteiger partial charge in [0.2, 0.25) is 5.91 Å². The molecule has 0 fully saturated rings. The summed E-state index contributed by atoms with van der Waals surface area (Å²) in [6, 6.07) is 5.24. The lowest BCUT2D eigenvalue weighted by Crippen LogP contribution is -2.17. The Balaban J connectivity index is 2.42. The number of carbonyl (C=O) groups is 2. The maximum atomic E-state index is 11.8. The normalized spacial score (nSPS) is 11.8. The molecule has 0 aliphatic heterocycles. The standard InChI is InChI=1S/C13H15BrClNO3S/c1-8(5-13(18)19-2)20-7-12(17)16-11-4-3-9(14)6-10(11)15/h3-4,6,8H,5,7H2,1-2H3,(H,16,17). The van der Waals surface area contributed by atoms with Crippen LogP contribution in [0, 0.1) is 0 Å². The first kappa shape index (κ1) is 17.3. The van der Waals surface area contributed by atoms with Crippen LogP contribution in [0.2, 0.25) is 5.02 Å². The molecule has 7 heteroatoms. The van der Waals surface area contributed by atoms with E-state index in [2.05, 4.69) is 26.0 Å². The smallest absolute Gasteiger partial charge is 0.306 e. The molecule has 0 aliphatic carbocycles. The molecule has 4 nitrogen and oxygen atoms in total. The SMILES string of the molecule is COC(=O)CC(C)SCC(=O)Nc1ccc(Br)cc1Cl. The summed E-state index contributed by atoms with van der Waals surface area (Å²) in [5, 5.41) is 3.23. The Morgan fingerprint density at radius 3 is 2.80 bits per heavy atom. The highest BCUT2D eigenvalue weighted by Crippen LogP contribution is 2.26. The third-order valence-electron chi connectivity index (χ3n) is 2.39. The predicted molar refractivity (Wildman–Crippen MR) is 86.3 cm³/mol. The van der Waals surface area contributed by atoms with Crippen LogP contribution < -0.4 is 5.32 Å². The summed E-state index contributed by atoms with van der Waals surface area (Å²) in [6.07, 6.45) is 0.285. The summed E-state index contributed by atoms with van der Waals surface area (Å²) < 4.78 is 5.42. The zero-order valence-corrected chi connectivity index (χ0v) is 14.3. The second-order valence-corrected chi connectivity index (χ2v) is 6.82. The van der Waals surface area contributed by atoms with Crippen LogP contribution in [0.25, 0.3) is 0 Å². The largest absolute Gasteiger partial charge is 0.469 e. The Morgan fingerprint density at radius 1 is 1.50 bits per heavy atom. The highest BCUT2D eigenvalue weighted by Gasteiger charge is 2.12. The molecular weight excluding hydrogens is 366 g/mol. The molecule has 1 rings (SSSR count). The first-order valence-corrected chi connectivity index (χ1v) is 8.07. The number of carbonyl (C=O) groups excluding carboxylic acids is 2. The van der Waals surface area contributed by atoms with Crippen LogP contribution in [0.4, 0.5) is 5.69 Å². The number of ether oxygens (including phenoxy) is 1. The molecule has 0 aromatic heterocycles. The molecule has 0 radical (unpaired) electrons. The van der Waals surface area contributed by atoms with Gasteiger partial charge in [0.05, 0.1) is 30.0 Å². The van der Waals surface area contributed by atoms with Crippen LogP contribution in [0.15, 0.2) is 22.7 Å². The van der Waals surface area contributed by atoms with Gasteiger partial charge in [-0.1, -0.05) is 34.5 Å². The Labute approximate surface area is 135 Å². The number of halogens is 2. The lowest BCUT2D eigenvalue weighted by molar-refractivity contribution is -0.140. The van der Waals surface area contributed by atoms with Crippen LogP contribution >= 0.6 is 39.3 Å². The molecule has 110 valence electrons. The van der Waals surface area contributed by atoms with Gasteiger partial charge in [-0.25, -0.2) is 0 Å². The number of hydrogen-bond donors (Lipinski definition) is 1. The Kier molecular flexibility index (Phi) is 7.40. The predicted octanol–water partition coefficient (Wildman–Crippen LogP) is 3.73. The van der Waals surface area contributed by atoms with Crippen LogP contribution in [-0.2, 0) is 14.3 Å². The van der Waals surface area contributed by atoms with Gasteiger partial charge in [-0.3, -0.25) is 9.59 Å². The van der Waals surface area contributed by atoms with Crippen molar-refractivity contribution in [3.63, 3.8) is 0 Å². The minimum Gasteiger partial charge on any atom is -0.469 e. The third-order valence-corrected chi connectivity index (χ3v) is 4.36. The van der Waals surface area contributed by atoms with E-state index in [4.69, 9.17) is 11.6 Å². The lowest BCUT2D eigenvalue weighted by atomic mass is 10.3. The van der Waals surface area contributed by atoms with Crippen molar-refractivity contribution in [3.8, 4) is 0 Å². The number of benzene rings is 1. The summed E-state index contributed by atoms with van der Waals surface area (Å²) >= 11 is 10.7. The summed E-state index contributed by atoms with van der Waals surface area (Å²) in [5.74, 6) is -0.179. The second-order valence-electron chi connectivity index (χ2n) is 4.07. The fourth-order valence-corrected chi connectivity index (χ4v) is 2.85. The van der Waals surface area contributed by atoms with E-state index in [-0.39, 0.29) is 29.3 Å². The number of nitrogens with one attached hydrogen (secondary N) is 1. The Bertz CT molecular complexity index is 499. The molecule has 1 aromatic carbocycles. The van der Waals surface area contributed by atoms with Gasteiger partial charge in [0.15, 0.2) is 0 Å². The number of rotatable bonds is 6. The third kappa shape index (κ3) is 6.15. The highest BCUT2D eigenvalue weighted by molar-refractivity contribution is 9.10. The van der Waals surface area contributed by atoms with Gasteiger partial charge in [0.25, 0.3) is 0 Å². The fraction of sp³-hybridized carbons (Fsp3) is 0.385. The van der Waals surface area contributed by atoms with Crippen molar-refractivity contribution >= 4 is 56.9 Å². The van der Waals surface area contributed by atoms with Crippen LogP contribution in [0.1, 0.15) is 13.3 Å². The quantitative estimate of drug-likeness (QED) is 0.764. The molecule has 0 spiro atoms. The van der Waals surface area contributed by atoms with Crippen molar-refractivity contribution in [1.29, 1.82) is 0 Å². The summed E-state index contributed by atoms with van der Waals surface area (Å²) in [5.41, 5.74) is 0.570. The molecule has 1 atom stereocenters. The van der Waals surface area contributed by atoms with E-state index >= 15 is 0 Å². The molecule has 0 aliphatic rings. The van der Waals surface area contributed by atoms with Crippen molar-refractivity contribution in [3.05, 3.63) is 27.7 Å². The van der Waals surface area contributed by atoms with Crippen molar-refractivity contribution in [2.45, 2.75) is 18.6 Å². The van der Waals surface area contributed by atoms with Gasteiger partial charge in [-0.15, -0.1) is 11.8 Å². The maximum absolute atomic E-state index is 11.8. The maximum Gasteiger partial charge on any atom is 0.306 e. The molecular formula is C13H15BrClNO3S. The van der Waals surface area contributed by atoms with Crippen LogP contribution in [0.5, 0.6) is 0 Å². The number of esters is 1. The van der Waals surface area contributed by atoms with Crippen molar-refractivity contribution in [1.82, 2.24) is 0 Å². The molecule has 0 bridgehead atoms. The number of hydrogen-bond acceptors (Lipinski definition) is 4. The molecule has 1 N–H and O–H groups in total. The molecule has 20 heavy (non-hydrogen) atoms.